The van der Waals surface area contributed by atoms with Crippen molar-refractivity contribution in [1.82, 2.24) is 19.6 Å². The fraction of sp³-hybridized carbons (Fsp3) is 0.476. The van der Waals surface area contributed by atoms with Crippen LogP contribution in [0.1, 0.15) is 41.7 Å². The zero-order valence-corrected chi connectivity index (χ0v) is 17.5. The Kier molecular flexibility index (Phi) is 5.79. The van der Waals surface area contributed by atoms with Gasteiger partial charge in [-0.3, -0.25) is 9.69 Å². The zero-order chi connectivity index (χ0) is 21.4. The van der Waals surface area contributed by atoms with Crippen molar-refractivity contribution < 1.29 is 19.1 Å². The molecule has 30 heavy (non-hydrogen) atoms. The Morgan fingerprint density at radius 1 is 1.20 bits per heavy atom. The predicted molar refractivity (Wildman–Crippen MR) is 110 cm³/mol. The third-order valence-electron chi connectivity index (χ3n) is 6.14. The molecule has 0 bridgehead atoms. The molecule has 2 fully saturated rings. The molecule has 1 N–H and O–H groups in total. The third-order valence-corrected chi connectivity index (χ3v) is 6.43. The van der Waals surface area contributed by atoms with Crippen LogP contribution in [-0.4, -0.2) is 68.3 Å². The fourth-order valence-electron chi connectivity index (χ4n) is 4.61. The van der Waals surface area contributed by atoms with Crippen LogP contribution < -0.4 is 0 Å². The number of rotatable bonds is 4. The maximum absolute atomic E-state index is 14.4. The molecule has 2 aliphatic heterocycles. The second-order valence-electron chi connectivity index (χ2n) is 7.86. The van der Waals surface area contributed by atoms with Gasteiger partial charge in [-0.2, -0.15) is 5.10 Å². The number of benzene rings is 1. The number of nitrogens with zero attached hydrogens (tertiary/aromatic N) is 4. The second-order valence-corrected chi connectivity index (χ2v) is 8.27. The lowest BCUT2D eigenvalue weighted by Gasteiger charge is -2.35. The number of piperidine rings is 1. The second kappa shape index (κ2) is 8.35. The SMILES string of the molecule is Cc1c(C(=O)N2CC[C@H](N3CCCCC3)[C@@H]2C(=O)O)cnn1-c1cccc(Cl)c1F. The zero-order valence-electron chi connectivity index (χ0n) is 16.7. The van der Waals surface area contributed by atoms with Gasteiger partial charge in [0.15, 0.2) is 5.82 Å². The quantitative estimate of drug-likeness (QED) is 0.799. The first-order valence-corrected chi connectivity index (χ1v) is 10.5. The monoisotopic (exact) mass is 434 g/mol. The molecule has 160 valence electrons. The van der Waals surface area contributed by atoms with Gasteiger partial charge in [-0.15, -0.1) is 0 Å². The van der Waals surface area contributed by atoms with Crippen molar-refractivity contribution in [2.45, 2.75) is 44.7 Å². The van der Waals surface area contributed by atoms with E-state index in [0.29, 0.717) is 18.7 Å². The van der Waals surface area contributed by atoms with Crippen molar-refractivity contribution in [1.29, 1.82) is 0 Å². The summed E-state index contributed by atoms with van der Waals surface area (Å²) in [7, 11) is 0. The Hall–Kier alpha value is -2.45. The van der Waals surface area contributed by atoms with Crippen molar-refractivity contribution in [2.24, 2.45) is 0 Å². The number of amides is 1. The fourth-order valence-corrected chi connectivity index (χ4v) is 4.78. The smallest absolute Gasteiger partial charge is 0.328 e. The Balaban J connectivity index is 1.62. The molecule has 3 heterocycles. The highest BCUT2D eigenvalue weighted by Crippen LogP contribution is 2.29. The molecule has 1 aromatic heterocycles. The highest BCUT2D eigenvalue weighted by Gasteiger charge is 2.45. The van der Waals surface area contributed by atoms with Crippen molar-refractivity contribution in [3.05, 3.63) is 46.5 Å². The first kappa shape index (κ1) is 20.8. The number of hydrogen-bond acceptors (Lipinski definition) is 4. The highest BCUT2D eigenvalue weighted by atomic mass is 35.5. The number of aromatic nitrogens is 2. The van der Waals surface area contributed by atoms with E-state index >= 15 is 0 Å². The Bertz CT molecular complexity index is 973. The molecule has 0 spiro atoms. The van der Waals surface area contributed by atoms with Gasteiger partial charge in [0.25, 0.3) is 5.91 Å². The van der Waals surface area contributed by atoms with E-state index in [1.54, 1.807) is 13.0 Å². The highest BCUT2D eigenvalue weighted by molar-refractivity contribution is 6.30. The van der Waals surface area contributed by atoms with E-state index in [9.17, 15) is 19.1 Å². The Morgan fingerprint density at radius 3 is 2.63 bits per heavy atom. The summed E-state index contributed by atoms with van der Waals surface area (Å²) in [6.45, 7) is 3.75. The van der Waals surface area contributed by atoms with Gasteiger partial charge in [-0.05, 0) is 51.4 Å². The number of likely N-dealkylation sites (tertiary alicyclic amines) is 2. The van der Waals surface area contributed by atoms with Crippen LogP contribution in [0.15, 0.2) is 24.4 Å². The minimum atomic E-state index is -0.998. The lowest BCUT2D eigenvalue weighted by Crippen LogP contribution is -2.52. The van der Waals surface area contributed by atoms with Crippen LogP contribution in [-0.2, 0) is 4.79 Å². The van der Waals surface area contributed by atoms with E-state index < -0.39 is 23.7 Å². The number of carbonyl (C=O) groups excluding carboxylic acids is 1. The van der Waals surface area contributed by atoms with Crippen LogP contribution in [0.4, 0.5) is 4.39 Å². The van der Waals surface area contributed by atoms with E-state index in [-0.39, 0.29) is 22.3 Å². The predicted octanol–water partition coefficient (Wildman–Crippen LogP) is 3.13. The van der Waals surface area contributed by atoms with E-state index in [4.69, 9.17) is 11.6 Å². The normalized spacial score (nSPS) is 22.4. The number of aliphatic carboxylic acids is 1. The standard InChI is InChI=1S/C21H24ClFN4O3/c1-13-14(12-24-27(13)16-7-5-6-15(22)18(16)23)20(28)26-11-8-17(19(26)21(29)30)25-9-3-2-4-10-25/h5-7,12,17,19H,2-4,8-11H2,1H3,(H,29,30)/t17-,19+/m0/s1. The maximum atomic E-state index is 14.4. The summed E-state index contributed by atoms with van der Waals surface area (Å²) in [6.07, 6.45) is 5.24. The van der Waals surface area contributed by atoms with Gasteiger partial charge in [0.1, 0.15) is 11.7 Å². The van der Waals surface area contributed by atoms with Gasteiger partial charge in [-0.1, -0.05) is 24.1 Å². The van der Waals surface area contributed by atoms with Crippen LogP contribution in [0.2, 0.25) is 5.02 Å². The molecule has 4 rings (SSSR count). The van der Waals surface area contributed by atoms with Gasteiger partial charge >= 0.3 is 5.97 Å². The number of halogens is 2. The third kappa shape index (κ3) is 3.58. The topological polar surface area (TPSA) is 78.7 Å². The van der Waals surface area contributed by atoms with Crippen LogP contribution >= 0.6 is 11.6 Å². The Labute approximate surface area is 179 Å². The van der Waals surface area contributed by atoms with E-state index in [1.807, 2.05) is 0 Å². The summed E-state index contributed by atoms with van der Waals surface area (Å²) in [5.41, 5.74) is 0.841. The summed E-state index contributed by atoms with van der Waals surface area (Å²) < 4.78 is 15.8. The average Bonchev–Trinajstić information content (AvgIpc) is 3.34. The molecule has 2 aliphatic rings. The lowest BCUT2D eigenvalue weighted by molar-refractivity contribution is -0.143. The van der Waals surface area contributed by atoms with Gasteiger partial charge in [0.05, 0.1) is 22.5 Å². The van der Waals surface area contributed by atoms with Crippen molar-refractivity contribution in [3.8, 4) is 5.69 Å². The largest absolute Gasteiger partial charge is 0.480 e. The van der Waals surface area contributed by atoms with Crippen LogP contribution in [0.5, 0.6) is 0 Å². The molecule has 2 aromatic rings. The van der Waals surface area contributed by atoms with Crippen LogP contribution in [0.3, 0.4) is 0 Å². The molecule has 2 saturated heterocycles. The van der Waals surface area contributed by atoms with Crippen molar-refractivity contribution in [3.63, 3.8) is 0 Å². The first-order chi connectivity index (χ1) is 14.4. The summed E-state index contributed by atoms with van der Waals surface area (Å²) in [6, 6.07) is 3.48. The molecule has 7 nitrogen and oxygen atoms in total. The van der Waals surface area contributed by atoms with E-state index in [2.05, 4.69) is 10.00 Å². The Morgan fingerprint density at radius 2 is 1.93 bits per heavy atom. The summed E-state index contributed by atoms with van der Waals surface area (Å²) in [5, 5.41) is 14.0. The minimum Gasteiger partial charge on any atom is -0.480 e. The molecule has 1 amide bonds. The summed E-state index contributed by atoms with van der Waals surface area (Å²) in [4.78, 5) is 29.0. The van der Waals surface area contributed by atoms with Crippen molar-refractivity contribution in [2.75, 3.05) is 19.6 Å². The minimum absolute atomic E-state index is 0.0369. The van der Waals surface area contributed by atoms with Gasteiger partial charge in [0, 0.05) is 12.6 Å². The first-order valence-electron chi connectivity index (χ1n) is 10.2. The van der Waals surface area contributed by atoms with Crippen LogP contribution in [0, 0.1) is 12.7 Å². The van der Waals surface area contributed by atoms with Gasteiger partial charge in [0.2, 0.25) is 0 Å². The maximum Gasteiger partial charge on any atom is 0.328 e. The molecule has 2 atom stereocenters. The molecular weight excluding hydrogens is 411 g/mol. The number of carboxylic acids is 1. The number of carbonyl (C=O) groups is 2. The van der Waals surface area contributed by atoms with Gasteiger partial charge < -0.3 is 10.0 Å². The molecule has 0 unspecified atom stereocenters. The molecule has 1 aromatic carbocycles. The van der Waals surface area contributed by atoms with E-state index in [1.165, 1.54) is 27.9 Å². The molecule has 9 heteroatoms. The molecule has 0 aliphatic carbocycles. The summed E-state index contributed by atoms with van der Waals surface area (Å²) >= 11 is 5.87. The number of hydrogen-bond donors (Lipinski definition) is 1. The van der Waals surface area contributed by atoms with Crippen molar-refractivity contribution >= 4 is 23.5 Å². The molecule has 0 radical (unpaired) electrons. The number of carboxylic acid groups (broad SMARTS) is 1. The molecular formula is C21H24ClFN4O3. The summed E-state index contributed by atoms with van der Waals surface area (Å²) in [5.74, 6) is -2.02. The van der Waals surface area contributed by atoms with E-state index in [0.717, 1.165) is 32.4 Å². The average molecular weight is 435 g/mol. The molecule has 0 saturated carbocycles. The van der Waals surface area contributed by atoms with Crippen LogP contribution in [0.25, 0.3) is 5.69 Å². The van der Waals surface area contributed by atoms with Gasteiger partial charge in [-0.25, -0.2) is 13.9 Å². The lowest BCUT2D eigenvalue weighted by atomic mass is 10.0.